The molecule has 27 heavy (non-hydrogen) atoms. The van der Waals surface area contributed by atoms with Crippen molar-refractivity contribution < 1.29 is 22.0 Å². The average molecular weight is 393 g/mol. The molecule has 0 N–H and O–H groups in total. The fourth-order valence-corrected chi connectivity index (χ4v) is 5.09. The Morgan fingerprint density at radius 1 is 1.07 bits per heavy atom. The van der Waals surface area contributed by atoms with E-state index in [1.807, 2.05) is 0 Å². The highest BCUT2D eigenvalue weighted by Crippen LogP contribution is 2.24. The molecule has 1 fully saturated rings. The van der Waals surface area contributed by atoms with Gasteiger partial charge in [0.1, 0.15) is 11.6 Å². The van der Waals surface area contributed by atoms with Crippen LogP contribution in [0.15, 0.2) is 53.4 Å². The van der Waals surface area contributed by atoms with Crippen LogP contribution < -0.4 is 0 Å². The Morgan fingerprint density at radius 3 is 2.48 bits per heavy atom. The Hall–Kier alpha value is -2.28. The molecule has 0 aromatic heterocycles. The Balaban J connectivity index is 1.65. The summed E-state index contributed by atoms with van der Waals surface area (Å²) in [6, 6.07) is 11.0. The quantitative estimate of drug-likeness (QED) is 0.732. The van der Waals surface area contributed by atoms with Crippen molar-refractivity contribution in [1.82, 2.24) is 4.90 Å². The van der Waals surface area contributed by atoms with Gasteiger partial charge in [-0.25, -0.2) is 17.2 Å². The fourth-order valence-electron chi connectivity index (χ4n) is 3.34. The van der Waals surface area contributed by atoms with Crippen LogP contribution in [0.5, 0.6) is 0 Å². The summed E-state index contributed by atoms with van der Waals surface area (Å²) in [5.41, 5.74) is 0.471. The fraction of sp³-hybridized carbons (Fsp3) is 0.350. The summed E-state index contributed by atoms with van der Waals surface area (Å²) in [4.78, 5) is 14.1. The largest absolute Gasteiger partial charge is 0.341 e. The summed E-state index contributed by atoms with van der Waals surface area (Å²) in [6.07, 6.45) is 1.44. The lowest BCUT2D eigenvalue weighted by atomic mass is 10.1. The van der Waals surface area contributed by atoms with Crippen LogP contribution in [0, 0.1) is 11.6 Å². The second-order valence-electron chi connectivity index (χ2n) is 6.69. The number of benzene rings is 2. The number of halogens is 2. The zero-order chi connectivity index (χ0) is 19.4. The highest BCUT2D eigenvalue weighted by molar-refractivity contribution is 7.92. The SMILES string of the molecule is O=C(CCc1ccccc1F)N1CCCC(S(=O)(=O)c2ccc(F)cc2)C1. The van der Waals surface area contributed by atoms with Crippen LogP contribution in [-0.2, 0) is 21.1 Å². The maximum Gasteiger partial charge on any atom is 0.222 e. The van der Waals surface area contributed by atoms with Crippen molar-refractivity contribution >= 4 is 15.7 Å². The molecule has 7 heteroatoms. The van der Waals surface area contributed by atoms with E-state index in [-0.39, 0.29) is 36.0 Å². The maximum atomic E-state index is 13.7. The molecule has 1 aliphatic rings. The third-order valence-corrected chi connectivity index (χ3v) is 7.07. The van der Waals surface area contributed by atoms with Crippen molar-refractivity contribution in [3.63, 3.8) is 0 Å². The molecular weight excluding hydrogens is 372 g/mol. The van der Waals surface area contributed by atoms with Crippen LogP contribution in [0.25, 0.3) is 0 Å². The second kappa shape index (κ2) is 8.17. The minimum atomic E-state index is -3.64. The summed E-state index contributed by atoms with van der Waals surface area (Å²) in [7, 11) is -3.64. The topological polar surface area (TPSA) is 54.5 Å². The normalized spacial score (nSPS) is 17.7. The standard InChI is InChI=1S/C20H21F2NO3S/c21-16-8-10-17(11-9-16)27(25,26)18-5-3-13-23(14-18)20(24)12-7-15-4-1-2-6-19(15)22/h1-2,4,6,8-11,18H,3,5,7,12-14H2. The monoisotopic (exact) mass is 393 g/mol. The summed E-state index contributed by atoms with van der Waals surface area (Å²) >= 11 is 0. The molecular formula is C20H21F2NO3S. The van der Waals surface area contributed by atoms with E-state index in [0.717, 1.165) is 12.1 Å². The molecule has 0 saturated carbocycles. The Morgan fingerprint density at radius 2 is 1.78 bits per heavy atom. The van der Waals surface area contributed by atoms with Crippen molar-refractivity contribution in [3.05, 3.63) is 65.7 Å². The number of aryl methyl sites for hydroxylation is 1. The number of piperidine rings is 1. The molecule has 1 heterocycles. The van der Waals surface area contributed by atoms with Crippen LogP contribution in [-0.4, -0.2) is 37.6 Å². The predicted molar refractivity (Wildman–Crippen MR) is 97.9 cm³/mol. The summed E-state index contributed by atoms with van der Waals surface area (Å²) in [5.74, 6) is -1.03. The van der Waals surface area contributed by atoms with Gasteiger partial charge in [-0.05, 0) is 55.2 Å². The molecule has 0 aliphatic carbocycles. The van der Waals surface area contributed by atoms with Gasteiger partial charge in [0.2, 0.25) is 5.91 Å². The first-order valence-corrected chi connectivity index (χ1v) is 10.4. The van der Waals surface area contributed by atoms with Gasteiger partial charge in [-0.2, -0.15) is 0 Å². The highest BCUT2D eigenvalue weighted by atomic mass is 32.2. The zero-order valence-corrected chi connectivity index (χ0v) is 15.6. The van der Waals surface area contributed by atoms with Gasteiger partial charge in [0.05, 0.1) is 10.1 Å². The van der Waals surface area contributed by atoms with E-state index in [9.17, 15) is 22.0 Å². The van der Waals surface area contributed by atoms with E-state index in [1.54, 1.807) is 18.2 Å². The van der Waals surface area contributed by atoms with Crippen LogP contribution in [0.3, 0.4) is 0 Å². The molecule has 0 spiro atoms. The van der Waals surface area contributed by atoms with Crippen molar-refractivity contribution in [3.8, 4) is 0 Å². The van der Waals surface area contributed by atoms with Gasteiger partial charge in [-0.3, -0.25) is 4.79 Å². The van der Waals surface area contributed by atoms with Gasteiger partial charge in [-0.1, -0.05) is 18.2 Å². The molecule has 0 bridgehead atoms. The van der Waals surface area contributed by atoms with Crippen molar-refractivity contribution in [2.45, 2.75) is 35.8 Å². The van der Waals surface area contributed by atoms with Crippen LogP contribution >= 0.6 is 0 Å². The average Bonchev–Trinajstić information content (AvgIpc) is 2.67. The lowest BCUT2D eigenvalue weighted by Gasteiger charge is -2.32. The third-order valence-electron chi connectivity index (χ3n) is 4.88. The predicted octanol–water partition coefficient (Wildman–Crippen LogP) is 3.36. The maximum absolute atomic E-state index is 13.7. The Labute approximate surface area is 157 Å². The van der Waals surface area contributed by atoms with E-state index in [1.165, 1.54) is 23.1 Å². The molecule has 2 aromatic rings. The molecule has 4 nitrogen and oxygen atoms in total. The van der Waals surface area contributed by atoms with E-state index >= 15 is 0 Å². The number of carbonyl (C=O) groups excluding carboxylic acids is 1. The Bertz CT molecular complexity index is 913. The highest BCUT2D eigenvalue weighted by Gasteiger charge is 2.33. The van der Waals surface area contributed by atoms with Crippen LogP contribution in [0.2, 0.25) is 0 Å². The van der Waals surface area contributed by atoms with Crippen molar-refractivity contribution in [2.75, 3.05) is 13.1 Å². The van der Waals surface area contributed by atoms with Gasteiger partial charge in [0, 0.05) is 19.5 Å². The number of rotatable bonds is 5. The zero-order valence-electron chi connectivity index (χ0n) is 14.8. The molecule has 1 unspecified atom stereocenters. The van der Waals surface area contributed by atoms with Gasteiger partial charge >= 0.3 is 0 Å². The lowest BCUT2D eigenvalue weighted by molar-refractivity contribution is -0.131. The van der Waals surface area contributed by atoms with Gasteiger partial charge in [0.15, 0.2) is 9.84 Å². The number of hydrogen-bond acceptors (Lipinski definition) is 3. The number of carbonyl (C=O) groups is 1. The van der Waals surface area contributed by atoms with E-state index in [0.29, 0.717) is 24.9 Å². The molecule has 144 valence electrons. The van der Waals surface area contributed by atoms with Crippen molar-refractivity contribution in [2.24, 2.45) is 0 Å². The van der Waals surface area contributed by atoms with Crippen LogP contribution in [0.1, 0.15) is 24.8 Å². The minimum Gasteiger partial charge on any atom is -0.341 e. The summed E-state index contributed by atoms with van der Waals surface area (Å²) in [5, 5.41) is -0.714. The van der Waals surface area contributed by atoms with Crippen LogP contribution in [0.4, 0.5) is 8.78 Å². The second-order valence-corrected chi connectivity index (χ2v) is 8.92. The minimum absolute atomic E-state index is 0.0644. The molecule has 1 atom stereocenters. The van der Waals surface area contributed by atoms with Gasteiger partial charge < -0.3 is 4.90 Å². The smallest absolute Gasteiger partial charge is 0.222 e. The molecule has 1 amide bonds. The number of amides is 1. The molecule has 1 aliphatic heterocycles. The summed E-state index contributed by atoms with van der Waals surface area (Å²) in [6.45, 7) is 0.599. The van der Waals surface area contributed by atoms with Crippen molar-refractivity contribution in [1.29, 1.82) is 0 Å². The van der Waals surface area contributed by atoms with E-state index < -0.39 is 20.9 Å². The number of hydrogen-bond donors (Lipinski definition) is 0. The number of sulfone groups is 1. The first-order valence-electron chi connectivity index (χ1n) is 8.88. The lowest BCUT2D eigenvalue weighted by Crippen LogP contribution is -2.45. The number of nitrogens with zero attached hydrogens (tertiary/aromatic N) is 1. The van der Waals surface area contributed by atoms with E-state index in [4.69, 9.17) is 0 Å². The van der Waals surface area contributed by atoms with Gasteiger partial charge in [-0.15, -0.1) is 0 Å². The molecule has 0 radical (unpaired) electrons. The molecule has 2 aromatic carbocycles. The van der Waals surface area contributed by atoms with E-state index in [2.05, 4.69) is 0 Å². The first kappa shape index (κ1) is 19.5. The first-order chi connectivity index (χ1) is 12.9. The van der Waals surface area contributed by atoms with Gasteiger partial charge in [0.25, 0.3) is 0 Å². The molecule has 1 saturated heterocycles. The molecule has 3 rings (SSSR count). The third kappa shape index (κ3) is 4.53. The summed E-state index contributed by atoms with van der Waals surface area (Å²) < 4.78 is 52.3. The Kier molecular flexibility index (Phi) is 5.89. The number of likely N-dealkylation sites (tertiary alicyclic amines) is 1.